The maximum atomic E-state index is 11.3. The maximum Gasteiger partial charge on any atom is 0.248 e. The number of rotatable bonds is 4. The largest absolute Gasteiger partial charge is 0.384 e. The van der Waals surface area contributed by atoms with Crippen LogP contribution in [0.5, 0.6) is 0 Å². The molecule has 0 aliphatic heterocycles. The molecule has 4 nitrogen and oxygen atoms in total. The van der Waals surface area contributed by atoms with Gasteiger partial charge in [-0.3, -0.25) is 4.79 Å². The van der Waals surface area contributed by atoms with E-state index in [9.17, 15) is 4.79 Å². The van der Waals surface area contributed by atoms with E-state index in [2.05, 4.69) is 17.2 Å². The molecule has 1 atom stereocenters. The van der Waals surface area contributed by atoms with Gasteiger partial charge in [0.2, 0.25) is 5.91 Å². The standard InChI is InChI=1S/C14H17ClN2O2/c1-3-9-6-13-10(5-12(9)15)4-11(17-13)7-16-14(19)8(2)18/h4-6,8,17-18H,3,7H2,1-2H3,(H,16,19). The van der Waals surface area contributed by atoms with Crippen molar-refractivity contribution >= 4 is 28.4 Å². The van der Waals surface area contributed by atoms with Crippen molar-refractivity contribution in [3.63, 3.8) is 0 Å². The fraction of sp³-hybridized carbons (Fsp3) is 0.357. The number of aromatic amines is 1. The van der Waals surface area contributed by atoms with E-state index in [1.807, 2.05) is 18.2 Å². The minimum absolute atomic E-state index is 0.359. The molecule has 0 aliphatic rings. The quantitative estimate of drug-likeness (QED) is 0.805. The van der Waals surface area contributed by atoms with E-state index < -0.39 is 6.10 Å². The van der Waals surface area contributed by atoms with Crippen LogP contribution in [0.25, 0.3) is 10.9 Å². The monoisotopic (exact) mass is 280 g/mol. The van der Waals surface area contributed by atoms with E-state index >= 15 is 0 Å². The summed E-state index contributed by atoms with van der Waals surface area (Å²) in [5.41, 5.74) is 2.98. The van der Waals surface area contributed by atoms with E-state index in [1.54, 1.807) is 0 Å². The Kier molecular flexibility index (Phi) is 4.12. The SMILES string of the molecule is CCc1cc2[nH]c(CNC(=O)C(C)O)cc2cc1Cl. The van der Waals surface area contributed by atoms with Crippen LogP contribution in [0.4, 0.5) is 0 Å². The lowest BCUT2D eigenvalue weighted by Crippen LogP contribution is -2.32. The summed E-state index contributed by atoms with van der Waals surface area (Å²) in [7, 11) is 0. The minimum Gasteiger partial charge on any atom is -0.384 e. The van der Waals surface area contributed by atoms with Gasteiger partial charge in [-0.05, 0) is 37.1 Å². The van der Waals surface area contributed by atoms with Crippen LogP contribution in [0.15, 0.2) is 18.2 Å². The third kappa shape index (κ3) is 3.08. The fourth-order valence-electron chi connectivity index (χ4n) is 1.95. The van der Waals surface area contributed by atoms with E-state index in [4.69, 9.17) is 16.7 Å². The van der Waals surface area contributed by atoms with Gasteiger partial charge in [-0.2, -0.15) is 0 Å². The molecule has 0 spiro atoms. The van der Waals surface area contributed by atoms with Gasteiger partial charge in [0.15, 0.2) is 0 Å². The highest BCUT2D eigenvalue weighted by atomic mass is 35.5. The highest BCUT2D eigenvalue weighted by Crippen LogP contribution is 2.25. The van der Waals surface area contributed by atoms with E-state index in [0.717, 1.165) is 33.6 Å². The van der Waals surface area contributed by atoms with E-state index in [-0.39, 0.29) is 5.91 Å². The summed E-state index contributed by atoms with van der Waals surface area (Å²) in [5.74, 6) is -0.383. The molecule has 1 heterocycles. The number of aliphatic hydroxyl groups is 1. The third-order valence-corrected chi connectivity index (χ3v) is 3.41. The Morgan fingerprint density at radius 3 is 2.84 bits per heavy atom. The van der Waals surface area contributed by atoms with Crippen LogP contribution in [0, 0.1) is 0 Å². The number of amides is 1. The molecule has 3 N–H and O–H groups in total. The number of hydrogen-bond donors (Lipinski definition) is 3. The molecule has 0 saturated heterocycles. The number of carbonyl (C=O) groups excluding carboxylic acids is 1. The molecule has 0 bridgehead atoms. The van der Waals surface area contributed by atoms with Crippen LogP contribution in [0.3, 0.4) is 0 Å². The average molecular weight is 281 g/mol. The highest BCUT2D eigenvalue weighted by molar-refractivity contribution is 6.32. The summed E-state index contributed by atoms with van der Waals surface area (Å²) in [6.07, 6.45) is -0.118. The van der Waals surface area contributed by atoms with Crippen LogP contribution in [0.1, 0.15) is 25.1 Å². The summed E-state index contributed by atoms with van der Waals surface area (Å²) in [6.45, 7) is 3.85. The lowest BCUT2D eigenvalue weighted by atomic mass is 10.1. The van der Waals surface area contributed by atoms with Crippen LogP contribution in [-0.2, 0) is 17.8 Å². The summed E-state index contributed by atoms with van der Waals surface area (Å²) in [6, 6.07) is 5.90. The predicted octanol–water partition coefficient (Wildman–Crippen LogP) is 2.38. The number of H-pyrrole nitrogens is 1. The first-order valence-corrected chi connectivity index (χ1v) is 6.65. The van der Waals surface area contributed by atoms with Crippen molar-refractivity contribution in [2.45, 2.75) is 32.9 Å². The molecular weight excluding hydrogens is 264 g/mol. The molecule has 1 aromatic heterocycles. The molecule has 1 amide bonds. The zero-order valence-electron chi connectivity index (χ0n) is 11.0. The van der Waals surface area contributed by atoms with Gasteiger partial charge in [0.05, 0.1) is 6.54 Å². The van der Waals surface area contributed by atoms with Crippen LogP contribution in [0.2, 0.25) is 5.02 Å². The number of nitrogens with one attached hydrogen (secondary N) is 2. The lowest BCUT2D eigenvalue weighted by Gasteiger charge is -2.05. The molecule has 19 heavy (non-hydrogen) atoms. The number of aliphatic hydroxyl groups excluding tert-OH is 1. The zero-order valence-corrected chi connectivity index (χ0v) is 11.7. The van der Waals surface area contributed by atoms with Crippen LogP contribution >= 0.6 is 11.6 Å². The van der Waals surface area contributed by atoms with Gasteiger partial charge >= 0.3 is 0 Å². The molecule has 1 unspecified atom stereocenters. The van der Waals surface area contributed by atoms with E-state index in [1.165, 1.54) is 6.92 Å². The lowest BCUT2D eigenvalue weighted by molar-refractivity contribution is -0.128. The molecule has 1 aromatic carbocycles. The van der Waals surface area contributed by atoms with Crippen molar-refractivity contribution in [3.8, 4) is 0 Å². The number of carbonyl (C=O) groups is 1. The van der Waals surface area contributed by atoms with Crippen molar-refractivity contribution in [2.75, 3.05) is 0 Å². The zero-order chi connectivity index (χ0) is 14.0. The molecule has 2 rings (SSSR count). The van der Waals surface area contributed by atoms with Gasteiger partial charge in [0.1, 0.15) is 6.10 Å². The smallest absolute Gasteiger partial charge is 0.248 e. The Balaban J connectivity index is 2.20. The number of aromatic nitrogens is 1. The van der Waals surface area contributed by atoms with Gasteiger partial charge in [-0.25, -0.2) is 0 Å². The Morgan fingerprint density at radius 1 is 1.47 bits per heavy atom. The molecule has 0 aliphatic carbocycles. The normalized spacial score (nSPS) is 12.6. The first kappa shape index (κ1) is 13.9. The second-order valence-electron chi connectivity index (χ2n) is 4.57. The first-order valence-electron chi connectivity index (χ1n) is 6.27. The summed E-state index contributed by atoms with van der Waals surface area (Å²) in [4.78, 5) is 14.5. The van der Waals surface area contributed by atoms with Crippen molar-refractivity contribution in [1.29, 1.82) is 0 Å². The fourth-order valence-corrected chi connectivity index (χ4v) is 2.26. The van der Waals surface area contributed by atoms with Crippen LogP contribution < -0.4 is 5.32 Å². The predicted molar refractivity (Wildman–Crippen MR) is 76.2 cm³/mol. The van der Waals surface area contributed by atoms with E-state index in [0.29, 0.717) is 6.54 Å². The molecule has 0 saturated carbocycles. The van der Waals surface area contributed by atoms with Gasteiger partial charge in [0, 0.05) is 21.6 Å². The third-order valence-electron chi connectivity index (χ3n) is 3.06. The first-order chi connectivity index (χ1) is 9.01. The van der Waals surface area contributed by atoms with Gasteiger partial charge in [-0.15, -0.1) is 0 Å². The molecular formula is C14H17ClN2O2. The van der Waals surface area contributed by atoms with Gasteiger partial charge < -0.3 is 15.4 Å². The minimum atomic E-state index is -0.995. The second-order valence-corrected chi connectivity index (χ2v) is 4.98. The number of aryl methyl sites for hydroxylation is 1. The van der Waals surface area contributed by atoms with Crippen LogP contribution in [-0.4, -0.2) is 22.1 Å². The number of hydrogen-bond acceptors (Lipinski definition) is 2. The Morgan fingerprint density at radius 2 is 2.21 bits per heavy atom. The van der Waals surface area contributed by atoms with Crippen molar-refractivity contribution in [1.82, 2.24) is 10.3 Å². The summed E-state index contributed by atoms with van der Waals surface area (Å²) >= 11 is 6.16. The average Bonchev–Trinajstić information content (AvgIpc) is 2.76. The number of benzene rings is 1. The van der Waals surface area contributed by atoms with Gasteiger partial charge in [0.25, 0.3) is 0 Å². The Bertz CT molecular complexity index is 605. The molecule has 0 fully saturated rings. The summed E-state index contributed by atoms with van der Waals surface area (Å²) < 4.78 is 0. The highest BCUT2D eigenvalue weighted by Gasteiger charge is 2.09. The van der Waals surface area contributed by atoms with Crippen molar-refractivity contribution in [3.05, 3.63) is 34.5 Å². The maximum absolute atomic E-state index is 11.3. The summed E-state index contributed by atoms with van der Waals surface area (Å²) in [5, 5.41) is 13.5. The van der Waals surface area contributed by atoms with Crippen molar-refractivity contribution < 1.29 is 9.90 Å². The van der Waals surface area contributed by atoms with Crippen molar-refractivity contribution in [2.24, 2.45) is 0 Å². The molecule has 2 aromatic rings. The number of fused-ring (bicyclic) bond motifs is 1. The Labute approximate surface area is 116 Å². The molecule has 102 valence electrons. The number of halogens is 1. The Hall–Kier alpha value is -1.52. The molecule has 0 radical (unpaired) electrons. The topological polar surface area (TPSA) is 65.1 Å². The van der Waals surface area contributed by atoms with Gasteiger partial charge in [-0.1, -0.05) is 18.5 Å². The second kappa shape index (κ2) is 5.63. The molecule has 5 heteroatoms.